The Morgan fingerprint density at radius 1 is 0.963 bits per heavy atom. The van der Waals surface area contributed by atoms with Crippen LogP contribution in [0.4, 0.5) is 5.69 Å². The Hall–Kier alpha value is -2.73. The van der Waals surface area contributed by atoms with Crippen molar-refractivity contribution in [3.63, 3.8) is 0 Å². The standard InChI is InChI=1S/C21H24N4O2/c26-20-6-3-11-25(20)19-5-2-1-4-18(19)21(27)24-14-12-23(13-15-24)16-17-7-9-22-10-8-17/h1-2,4-5,7-10H,3,6,11-16H2. The van der Waals surface area contributed by atoms with Crippen molar-refractivity contribution < 1.29 is 9.59 Å². The van der Waals surface area contributed by atoms with Crippen LogP contribution in [0.2, 0.25) is 0 Å². The number of benzene rings is 1. The lowest BCUT2D eigenvalue weighted by molar-refractivity contribution is -0.117. The molecule has 0 N–H and O–H groups in total. The number of para-hydroxylation sites is 1. The van der Waals surface area contributed by atoms with Crippen LogP contribution in [0.25, 0.3) is 0 Å². The predicted octanol–water partition coefficient (Wildman–Crippen LogP) is 2.17. The molecule has 4 rings (SSSR count). The van der Waals surface area contributed by atoms with Crippen LogP contribution < -0.4 is 4.90 Å². The van der Waals surface area contributed by atoms with Gasteiger partial charge in [0.2, 0.25) is 5.91 Å². The number of carbonyl (C=O) groups excluding carboxylic acids is 2. The van der Waals surface area contributed by atoms with E-state index in [1.165, 1.54) is 5.56 Å². The molecule has 2 aromatic rings. The van der Waals surface area contributed by atoms with Gasteiger partial charge in [-0.15, -0.1) is 0 Å². The number of anilines is 1. The lowest BCUT2D eigenvalue weighted by Crippen LogP contribution is -2.48. The summed E-state index contributed by atoms with van der Waals surface area (Å²) in [5.41, 5.74) is 2.63. The van der Waals surface area contributed by atoms with Gasteiger partial charge in [0.1, 0.15) is 0 Å². The minimum absolute atomic E-state index is 0.0221. The first-order valence-electron chi connectivity index (χ1n) is 9.52. The lowest BCUT2D eigenvalue weighted by Gasteiger charge is -2.35. The highest BCUT2D eigenvalue weighted by Gasteiger charge is 2.28. The van der Waals surface area contributed by atoms with Gasteiger partial charge in [0.05, 0.1) is 11.3 Å². The molecule has 6 heteroatoms. The van der Waals surface area contributed by atoms with E-state index >= 15 is 0 Å². The molecule has 0 spiro atoms. The number of piperazine rings is 1. The maximum Gasteiger partial charge on any atom is 0.256 e. The first kappa shape index (κ1) is 17.7. The van der Waals surface area contributed by atoms with Crippen molar-refractivity contribution in [2.45, 2.75) is 19.4 Å². The minimum Gasteiger partial charge on any atom is -0.336 e. The average molecular weight is 364 g/mol. The number of nitrogens with zero attached hydrogens (tertiary/aromatic N) is 4. The van der Waals surface area contributed by atoms with Gasteiger partial charge in [-0.25, -0.2) is 0 Å². The third-order valence-corrected chi connectivity index (χ3v) is 5.31. The Bertz CT molecular complexity index is 816. The van der Waals surface area contributed by atoms with Crippen molar-refractivity contribution in [3.8, 4) is 0 Å². The van der Waals surface area contributed by atoms with Crippen LogP contribution in [0.3, 0.4) is 0 Å². The van der Waals surface area contributed by atoms with E-state index in [0.29, 0.717) is 31.6 Å². The summed E-state index contributed by atoms with van der Waals surface area (Å²) in [6.45, 7) is 4.67. The van der Waals surface area contributed by atoms with E-state index in [4.69, 9.17) is 0 Å². The van der Waals surface area contributed by atoms with Crippen LogP contribution in [0.5, 0.6) is 0 Å². The highest BCUT2D eigenvalue weighted by molar-refractivity contribution is 6.05. The van der Waals surface area contributed by atoms with E-state index in [1.807, 2.05) is 53.7 Å². The number of hydrogen-bond donors (Lipinski definition) is 0. The van der Waals surface area contributed by atoms with Crippen LogP contribution in [-0.2, 0) is 11.3 Å². The molecule has 0 bridgehead atoms. The molecule has 1 aromatic carbocycles. The van der Waals surface area contributed by atoms with Gasteiger partial charge in [-0.3, -0.25) is 19.5 Å². The second-order valence-corrected chi connectivity index (χ2v) is 7.09. The van der Waals surface area contributed by atoms with Gasteiger partial charge in [0, 0.05) is 58.1 Å². The zero-order valence-electron chi connectivity index (χ0n) is 15.4. The van der Waals surface area contributed by atoms with Crippen LogP contribution in [-0.4, -0.2) is 59.3 Å². The number of carbonyl (C=O) groups is 2. The molecule has 27 heavy (non-hydrogen) atoms. The SMILES string of the molecule is O=C(c1ccccc1N1CCCC1=O)N1CCN(Cc2ccncc2)CC1. The van der Waals surface area contributed by atoms with Crippen LogP contribution >= 0.6 is 0 Å². The molecule has 140 valence electrons. The Balaban J connectivity index is 1.42. The molecular weight excluding hydrogens is 340 g/mol. The molecular formula is C21H24N4O2. The van der Waals surface area contributed by atoms with Crippen molar-refractivity contribution in [3.05, 3.63) is 59.9 Å². The van der Waals surface area contributed by atoms with Crippen molar-refractivity contribution in [2.24, 2.45) is 0 Å². The highest BCUT2D eigenvalue weighted by atomic mass is 16.2. The van der Waals surface area contributed by atoms with Gasteiger partial charge in [0.25, 0.3) is 5.91 Å². The van der Waals surface area contributed by atoms with E-state index < -0.39 is 0 Å². The molecule has 0 radical (unpaired) electrons. The Kier molecular flexibility index (Phi) is 5.16. The summed E-state index contributed by atoms with van der Waals surface area (Å²) in [4.78, 5) is 35.3. The molecule has 2 amide bonds. The maximum atomic E-state index is 13.1. The zero-order chi connectivity index (χ0) is 18.6. The summed E-state index contributed by atoms with van der Waals surface area (Å²) in [6, 6.07) is 11.5. The monoisotopic (exact) mass is 364 g/mol. The van der Waals surface area contributed by atoms with Gasteiger partial charge in [0.15, 0.2) is 0 Å². The second kappa shape index (κ2) is 7.88. The normalized spacial score (nSPS) is 18.1. The molecule has 2 fully saturated rings. The van der Waals surface area contributed by atoms with Gasteiger partial charge in [-0.1, -0.05) is 12.1 Å². The van der Waals surface area contributed by atoms with E-state index in [2.05, 4.69) is 9.88 Å². The third-order valence-electron chi connectivity index (χ3n) is 5.31. The Labute approximate surface area is 159 Å². The largest absolute Gasteiger partial charge is 0.336 e. The predicted molar refractivity (Wildman–Crippen MR) is 103 cm³/mol. The average Bonchev–Trinajstić information content (AvgIpc) is 3.14. The van der Waals surface area contributed by atoms with Crippen molar-refractivity contribution in [1.29, 1.82) is 0 Å². The number of aromatic nitrogens is 1. The smallest absolute Gasteiger partial charge is 0.256 e. The van der Waals surface area contributed by atoms with E-state index in [-0.39, 0.29) is 11.8 Å². The van der Waals surface area contributed by atoms with Gasteiger partial charge in [-0.2, -0.15) is 0 Å². The third kappa shape index (κ3) is 3.85. The van der Waals surface area contributed by atoms with Gasteiger partial charge in [-0.05, 0) is 36.2 Å². The molecule has 0 saturated carbocycles. The molecule has 2 saturated heterocycles. The summed E-state index contributed by atoms with van der Waals surface area (Å²) < 4.78 is 0. The quantitative estimate of drug-likeness (QED) is 0.834. The number of pyridine rings is 1. The lowest BCUT2D eigenvalue weighted by atomic mass is 10.1. The second-order valence-electron chi connectivity index (χ2n) is 7.09. The molecule has 2 aliphatic rings. The van der Waals surface area contributed by atoms with Crippen LogP contribution in [0, 0.1) is 0 Å². The summed E-state index contributed by atoms with van der Waals surface area (Å²) >= 11 is 0. The van der Waals surface area contributed by atoms with Gasteiger partial charge >= 0.3 is 0 Å². The minimum atomic E-state index is 0.0221. The van der Waals surface area contributed by atoms with E-state index in [9.17, 15) is 9.59 Å². The van der Waals surface area contributed by atoms with Crippen LogP contribution in [0.1, 0.15) is 28.8 Å². The van der Waals surface area contributed by atoms with Crippen LogP contribution in [0.15, 0.2) is 48.8 Å². The molecule has 6 nitrogen and oxygen atoms in total. The summed E-state index contributed by atoms with van der Waals surface area (Å²) in [7, 11) is 0. The van der Waals surface area contributed by atoms with E-state index in [0.717, 1.165) is 31.7 Å². The fourth-order valence-electron chi connectivity index (χ4n) is 3.82. The molecule has 3 heterocycles. The first-order valence-corrected chi connectivity index (χ1v) is 9.52. The highest BCUT2D eigenvalue weighted by Crippen LogP contribution is 2.26. The fourth-order valence-corrected chi connectivity index (χ4v) is 3.82. The first-order chi connectivity index (χ1) is 13.2. The molecule has 0 aliphatic carbocycles. The fraction of sp³-hybridized carbons (Fsp3) is 0.381. The zero-order valence-corrected chi connectivity index (χ0v) is 15.4. The molecule has 2 aliphatic heterocycles. The van der Waals surface area contributed by atoms with Gasteiger partial charge < -0.3 is 9.80 Å². The van der Waals surface area contributed by atoms with Crippen molar-refractivity contribution >= 4 is 17.5 Å². The van der Waals surface area contributed by atoms with E-state index in [1.54, 1.807) is 4.90 Å². The Morgan fingerprint density at radius 2 is 1.70 bits per heavy atom. The molecule has 0 atom stereocenters. The summed E-state index contributed by atoms with van der Waals surface area (Å²) in [5.74, 6) is 0.131. The Morgan fingerprint density at radius 3 is 2.41 bits per heavy atom. The number of amides is 2. The summed E-state index contributed by atoms with van der Waals surface area (Å²) in [5, 5.41) is 0. The van der Waals surface area contributed by atoms with Crippen molar-refractivity contribution in [2.75, 3.05) is 37.6 Å². The number of hydrogen-bond acceptors (Lipinski definition) is 4. The molecule has 1 aromatic heterocycles. The summed E-state index contributed by atoms with van der Waals surface area (Å²) in [6.07, 6.45) is 5.04. The topological polar surface area (TPSA) is 56.8 Å². The molecule has 0 unspecified atom stereocenters. The maximum absolute atomic E-state index is 13.1. The number of rotatable bonds is 4. The van der Waals surface area contributed by atoms with Crippen molar-refractivity contribution in [1.82, 2.24) is 14.8 Å².